The summed E-state index contributed by atoms with van der Waals surface area (Å²) in [5, 5.41) is 6.65. The zero-order valence-electron chi connectivity index (χ0n) is 14.7. The second-order valence-electron chi connectivity index (χ2n) is 5.62. The summed E-state index contributed by atoms with van der Waals surface area (Å²) in [6.45, 7) is 4.74. The fraction of sp³-hybridized carbons (Fsp3) is 0.333. The van der Waals surface area contributed by atoms with Crippen LogP contribution in [-0.4, -0.2) is 41.1 Å². The smallest absolute Gasteiger partial charge is 0.357 e. The predicted molar refractivity (Wildman–Crippen MR) is 97.8 cm³/mol. The van der Waals surface area contributed by atoms with Crippen LogP contribution >= 0.6 is 15.9 Å². The summed E-state index contributed by atoms with van der Waals surface area (Å²) < 4.78 is 10.8. The summed E-state index contributed by atoms with van der Waals surface area (Å²) in [7, 11) is 0. The zero-order valence-corrected chi connectivity index (χ0v) is 16.3. The average Bonchev–Trinajstić information content (AvgIpc) is 3.04. The molecule has 0 spiro atoms. The van der Waals surface area contributed by atoms with Crippen molar-refractivity contribution in [2.75, 3.05) is 13.2 Å². The maximum atomic E-state index is 12.8. The Kier molecular flexibility index (Phi) is 6.68. The molecule has 0 aliphatic carbocycles. The topological polar surface area (TPSA) is 98.4 Å². The number of ketones is 1. The molecule has 0 bridgehead atoms. The largest absolute Gasteiger partial charge is 0.465 e. The van der Waals surface area contributed by atoms with Crippen LogP contribution in [-0.2, 0) is 14.3 Å². The van der Waals surface area contributed by atoms with Gasteiger partial charge in [-0.05, 0) is 24.6 Å². The van der Waals surface area contributed by atoms with Crippen LogP contribution in [0.3, 0.4) is 0 Å². The van der Waals surface area contributed by atoms with Crippen molar-refractivity contribution in [3.05, 3.63) is 40.1 Å². The Morgan fingerprint density at radius 1 is 1.19 bits per heavy atom. The first kappa shape index (κ1) is 19.8. The van der Waals surface area contributed by atoms with Gasteiger partial charge < -0.3 is 9.47 Å². The number of halogens is 1. The fourth-order valence-corrected chi connectivity index (χ4v) is 2.58. The van der Waals surface area contributed by atoms with Gasteiger partial charge in [0.2, 0.25) is 0 Å². The van der Waals surface area contributed by atoms with Crippen molar-refractivity contribution in [2.24, 2.45) is 5.92 Å². The van der Waals surface area contributed by atoms with Crippen LogP contribution in [0.2, 0.25) is 0 Å². The van der Waals surface area contributed by atoms with Crippen LogP contribution in [0.1, 0.15) is 41.7 Å². The first-order valence-electron chi connectivity index (χ1n) is 8.04. The number of ether oxygens (including phenoxy) is 2. The molecule has 1 N–H and O–H groups in total. The summed E-state index contributed by atoms with van der Waals surface area (Å²) in [6.07, 6.45) is 0. The van der Waals surface area contributed by atoms with Gasteiger partial charge in [-0.15, -0.1) is 0 Å². The Labute approximate surface area is 159 Å². The molecule has 0 fully saturated rings. The van der Waals surface area contributed by atoms with Crippen molar-refractivity contribution in [2.45, 2.75) is 20.8 Å². The van der Waals surface area contributed by atoms with Gasteiger partial charge in [0.1, 0.15) is 12.3 Å². The Morgan fingerprint density at radius 2 is 1.85 bits per heavy atom. The highest BCUT2D eigenvalue weighted by Crippen LogP contribution is 2.29. The Hall–Kier alpha value is -2.48. The highest BCUT2D eigenvalue weighted by molar-refractivity contribution is 9.10. The quantitative estimate of drug-likeness (QED) is 0.542. The zero-order chi connectivity index (χ0) is 19.3. The van der Waals surface area contributed by atoms with E-state index in [9.17, 15) is 14.4 Å². The predicted octanol–water partition coefficient (Wildman–Crippen LogP) is 3.40. The number of aromatic amines is 1. The number of nitrogens with one attached hydrogen (secondary N) is 1. The van der Waals surface area contributed by atoms with E-state index in [2.05, 4.69) is 26.1 Å². The molecule has 0 aliphatic rings. The molecule has 0 saturated heterocycles. The van der Waals surface area contributed by atoms with Crippen LogP contribution in [0.15, 0.2) is 28.7 Å². The third-order valence-corrected chi connectivity index (χ3v) is 4.13. The summed E-state index contributed by atoms with van der Waals surface area (Å²) in [5.41, 5.74) is 1.23. The first-order valence-corrected chi connectivity index (χ1v) is 8.83. The van der Waals surface area contributed by atoms with Crippen molar-refractivity contribution in [3.8, 4) is 11.1 Å². The molecule has 1 aromatic carbocycles. The summed E-state index contributed by atoms with van der Waals surface area (Å²) in [5.74, 6) is -2.00. The Balaban J connectivity index is 2.45. The molecule has 0 saturated carbocycles. The molecule has 2 rings (SSSR count). The second-order valence-corrected chi connectivity index (χ2v) is 6.53. The molecule has 1 atom stereocenters. The number of carbonyl (C=O) groups is 3. The molecule has 0 amide bonds. The van der Waals surface area contributed by atoms with E-state index < -0.39 is 17.9 Å². The third-order valence-electron chi connectivity index (χ3n) is 3.60. The highest BCUT2D eigenvalue weighted by Gasteiger charge is 2.28. The number of esters is 2. The molecule has 2 aromatic rings. The van der Waals surface area contributed by atoms with Crippen LogP contribution in [0.4, 0.5) is 0 Å². The molecular weight excluding hydrogens is 404 g/mol. The molecule has 0 radical (unpaired) electrons. The number of benzene rings is 1. The number of carbonyl (C=O) groups excluding carboxylic acids is 3. The number of nitrogens with zero attached hydrogens (tertiary/aromatic N) is 1. The van der Waals surface area contributed by atoms with E-state index >= 15 is 0 Å². The first-order chi connectivity index (χ1) is 12.3. The lowest BCUT2D eigenvalue weighted by molar-refractivity contribution is -0.141. The van der Waals surface area contributed by atoms with Gasteiger partial charge in [0.25, 0.3) is 0 Å². The summed E-state index contributed by atoms with van der Waals surface area (Å²) in [6, 6.07) is 7.14. The standard InChI is InChI=1S/C18H19BrN2O5/c1-4-25-18(24)16-14(12-5-7-13(19)8-6-12)15(20-21-16)17(23)10(2)9-26-11(3)22/h5-8,10H,4,9H2,1-3H3,(H,20,21). The normalized spacial score (nSPS) is 11.7. The van der Waals surface area contributed by atoms with E-state index in [4.69, 9.17) is 9.47 Å². The van der Waals surface area contributed by atoms with E-state index in [0.717, 1.165) is 4.47 Å². The number of rotatable bonds is 7. The average molecular weight is 423 g/mol. The molecule has 1 unspecified atom stereocenters. The van der Waals surface area contributed by atoms with Crippen LogP contribution in [0, 0.1) is 5.92 Å². The molecule has 7 nitrogen and oxygen atoms in total. The monoisotopic (exact) mass is 422 g/mol. The molecular formula is C18H19BrN2O5. The van der Waals surface area contributed by atoms with Crippen molar-refractivity contribution in [1.82, 2.24) is 10.2 Å². The number of Topliss-reactive ketones (excluding diaryl/α,β-unsaturated/α-hetero) is 1. The van der Waals surface area contributed by atoms with Crippen LogP contribution in [0.5, 0.6) is 0 Å². The van der Waals surface area contributed by atoms with E-state index in [-0.39, 0.29) is 30.4 Å². The second kappa shape index (κ2) is 8.75. The van der Waals surface area contributed by atoms with E-state index in [1.807, 2.05) is 0 Å². The third kappa shape index (κ3) is 4.57. The van der Waals surface area contributed by atoms with Gasteiger partial charge >= 0.3 is 11.9 Å². The number of hydrogen-bond donors (Lipinski definition) is 1. The minimum atomic E-state index is -0.605. The summed E-state index contributed by atoms with van der Waals surface area (Å²) >= 11 is 3.36. The van der Waals surface area contributed by atoms with Crippen molar-refractivity contribution in [3.63, 3.8) is 0 Å². The van der Waals surface area contributed by atoms with Crippen LogP contribution in [0.25, 0.3) is 11.1 Å². The van der Waals surface area contributed by atoms with Crippen molar-refractivity contribution < 1.29 is 23.9 Å². The number of H-pyrrole nitrogens is 1. The molecule has 26 heavy (non-hydrogen) atoms. The maximum Gasteiger partial charge on any atom is 0.357 e. The number of aromatic nitrogens is 2. The van der Waals surface area contributed by atoms with Crippen molar-refractivity contribution >= 4 is 33.7 Å². The molecule has 1 heterocycles. The number of hydrogen-bond acceptors (Lipinski definition) is 6. The maximum absolute atomic E-state index is 12.8. The SMILES string of the molecule is CCOC(=O)c1[nH]nc(C(=O)C(C)COC(C)=O)c1-c1ccc(Br)cc1. The van der Waals surface area contributed by atoms with Gasteiger partial charge in [-0.25, -0.2) is 4.79 Å². The molecule has 8 heteroatoms. The Morgan fingerprint density at radius 3 is 2.42 bits per heavy atom. The lowest BCUT2D eigenvalue weighted by Gasteiger charge is -2.11. The Bertz CT molecular complexity index is 813. The van der Waals surface area contributed by atoms with Gasteiger partial charge in [0, 0.05) is 17.0 Å². The highest BCUT2D eigenvalue weighted by atomic mass is 79.9. The lowest BCUT2D eigenvalue weighted by Crippen LogP contribution is -2.20. The van der Waals surface area contributed by atoms with E-state index in [0.29, 0.717) is 11.1 Å². The van der Waals surface area contributed by atoms with E-state index in [1.165, 1.54) is 6.92 Å². The van der Waals surface area contributed by atoms with Gasteiger partial charge in [-0.3, -0.25) is 14.7 Å². The van der Waals surface area contributed by atoms with Gasteiger partial charge in [-0.2, -0.15) is 5.10 Å². The fourth-order valence-electron chi connectivity index (χ4n) is 2.32. The lowest BCUT2D eigenvalue weighted by atomic mass is 9.96. The molecule has 0 aliphatic heterocycles. The van der Waals surface area contributed by atoms with Gasteiger partial charge in [0.15, 0.2) is 11.5 Å². The van der Waals surface area contributed by atoms with Gasteiger partial charge in [-0.1, -0.05) is 35.0 Å². The molecule has 1 aromatic heterocycles. The van der Waals surface area contributed by atoms with Crippen molar-refractivity contribution in [1.29, 1.82) is 0 Å². The molecule has 138 valence electrons. The summed E-state index contributed by atoms with van der Waals surface area (Å²) in [4.78, 5) is 36.0. The van der Waals surface area contributed by atoms with Crippen LogP contribution < -0.4 is 0 Å². The minimum Gasteiger partial charge on any atom is -0.465 e. The minimum absolute atomic E-state index is 0.0600. The van der Waals surface area contributed by atoms with E-state index in [1.54, 1.807) is 38.1 Å². The van der Waals surface area contributed by atoms with Gasteiger partial charge in [0.05, 0.1) is 12.5 Å².